The second-order valence-electron chi connectivity index (χ2n) is 7.46. The molecule has 0 aliphatic carbocycles. The Hall–Kier alpha value is -2.73. The summed E-state index contributed by atoms with van der Waals surface area (Å²) in [5.41, 5.74) is 5.39. The van der Waals surface area contributed by atoms with Crippen LogP contribution in [0.4, 0.5) is 4.39 Å². The Balaban J connectivity index is 1.82. The lowest BCUT2D eigenvalue weighted by Gasteiger charge is -2.27. The molecule has 0 spiro atoms. The molecule has 1 aromatic carbocycles. The summed E-state index contributed by atoms with van der Waals surface area (Å²) in [6.07, 6.45) is 2.82. The molecule has 1 fully saturated rings. The Bertz CT molecular complexity index is 1010. The maximum atomic E-state index is 13.4. The van der Waals surface area contributed by atoms with Crippen molar-refractivity contribution in [3.05, 3.63) is 83.2 Å². The molecule has 4 nitrogen and oxygen atoms in total. The zero-order valence-electron chi connectivity index (χ0n) is 16.9. The van der Waals surface area contributed by atoms with E-state index in [1.165, 1.54) is 17.7 Å². The summed E-state index contributed by atoms with van der Waals surface area (Å²) in [6.45, 7) is 7.24. The highest BCUT2D eigenvalue weighted by atomic mass is 32.1. The summed E-state index contributed by atoms with van der Waals surface area (Å²) in [4.78, 5) is 6.86. The molecule has 1 saturated heterocycles. The highest BCUT2D eigenvalue weighted by Gasteiger charge is 2.40. The van der Waals surface area contributed by atoms with Crippen LogP contribution in [0.15, 0.2) is 54.7 Å². The molecule has 2 atom stereocenters. The number of hydrogen-bond acceptors (Lipinski definition) is 2. The van der Waals surface area contributed by atoms with E-state index in [1.54, 1.807) is 0 Å². The first-order valence-corrected chi connectivity index (χ1v) is 10.3. The molecule has 2 aromatic heterocycles. The van der Waals surface area contributed by atoms with Crippen molar-refractivity contribution >= 4 is 17.3 Å². The van der Waals surface area contributed by atoms with Gasteiger partial charge in [-0.1, -0.05) is 13.0 Å². The van der Waals surface area contributed by atoms with E-state index < -0.39 is 0 Å². The molecular weight excluding hydrogens is 383 g/mol. The van der Waals surface area contributed by atoms with Gasteiger partial charge in [-0.2, -0.15) is 0 Å². The SMILES string of the molecule is CCCN1C(=S)NC(c2ccccn2)C1c1cc(C)n(-c2ccc(F)cc2)c1C. The van der Waals surface area contributed by atoms with Gasteiger partial charge in [-0.3, -0.25) is 4.98 Å². The fourth-order valence-corrected chi connectivity index (χ4v) is 4.63. The van der Waals surface area contributed by atoms with Gasteiger partial charge in [-0.15, -0.1) is 0 Å². The largest absolute Gasteiger partial charge is 0.352 e. The van der Waals surface area contributed by atoms with Crippen LogP contribution in [0.25, 0.3) is 5.69 Å². The molecule has 1 aliphatic heterocycles. The van der Waals surface area contributed by atoms with Gasteiger partial charge in [0.25, 0.3) is 0 Å². The number of nitrogens with zero attached hydrogens (tertiary/aromatic N) is 3. The molecule has 1 N–H and O–H groups in total. The minimum absolute atomic E-state index is 0.0163. The number of pyridine rings is 1. The summed E-state index contributed by atoms with van der Waals surface area (Å²) in [7, 11) is 0. The standard InChI is InChI=1S/C23H25FN4S/c1-4-13-27-22(21(26-23(27)29)20-7-5-6-12-25-20)19-14-15(2)28(16(19)3)18-10-8-17(24)9-11-18/h5-12,14,21-22H,4,13H2,1-3H3,(H,26,29). The summed E-state index contributed by atoms with van der Waals surface area (Å²) in [5, 5.41) is 4.26. The van der Waals surface area contributed by atoms with E-state index in [4.69, 9.17) is 12.2 Å². The van der Waals surface area contributed by atoms with Crippen molar-refractivity contribution in [3.8, 4) is 5.69 Å². The molecule has 0 amide bonds. The van der Waals surface area contributed by atoms with Crippen LogP contribution in [-0.4, -0.2) is 26.1 Å². The monoisotopic (exact) mass is 408 g/mol. The lowest BCUT2D eigenvalue weighted by molar-refractivity contribution is 0.316. The summed E-state index contributed by atoms with van der Waals surface area (Å²) in [6, 6.07) is 14.9. The van der Waals surface area contributed by atoms with Gasteiger partial charge >= 0.3 is 0 Å². The average Bonchev–Trinajstić information content (AvgIpc) is 3.20. The predicted molar refractivity (Wildman–Crippen MR) is 118 cm³/mol. The van der Waals surface area contributed by atoms with E-state index in [-0.39, 0.29) is 17.9 Å². The van der Waals surface area contributed by atoms with Crippen LogP contribution >= 0.6 is 12.2 Å². The minimum atomic E-state index is -0.230. The number of benzene rings is 1. The van der Waals surface area contributed by atoms with Gasteiger partial charge < -0.3 is 14.8 Å². The maximum absolute atomic E-state index is 13.4. The van der Waals surface area contributed by atoms with Crippen molar-refractivity contribution in [3.63, 3.8) is 0 Å². The summed E-state index contributed by atoms with van der Waals surface area (Å²) in [5.74, 6) is -0.230. The van der Waals surface area contributed by atoms with Crippen LogP contribution in [0, 0.1) is 19.7 Å². The average molecular weight is 409 g/mol. The lowest BCUT2D eigenvalue weighted by Crippen LogP contribution is -2.30. The van der Waals surface area contributed by atoms with Gasteiger partial charge in [0.1, 0.15) is 5.82 Å². The first-order chi connectivity index (χ1) is 14.0. The number of halogens is 1. The third kappa shape index (κ3) is 3.53. The Morgan fingerprint density at radius 2 is 1.90 bits per heavy atom. The molecule has 2 unspecified atom stereocenters. The maximum Gasteiger partial charge on any atom is 0.170 e. The Morgan fingerprint density at radius 3 is 2.55 bits per heavy atom. The number of aryl methyl sites for hydroxylation is 1. The van der Waals surface area contributed by atoms with Crippen LogP contribution in [-0.2, 0) is 0 Å². The van der Waals surface area contributed by atoms with Crippen molar-refractivity contribution in [1.82, 2.24) is 19.8 Å². The Kier molecular flexibility index (Phi) is 5.37. The van der Waals surface area contributed by atoms with Crippen LogP contribution < -0.4 is 5.32 Å². The second-order valence-corrected chi connectivity index (χ2v) is 7.84. The highest BCUT2D eigenvalue weighted by Crippen LogP contribution is 2.41. The van der Waals surface area contributed by atoms with Gasteiger partial charge in [-0.05, 0) is 80.5 Å². The normalized spacial score (nSPS) is 18.9. The molecule has 1 aliphatic rings. The van der Waals surface area contributed by atoms with E-state index in [9.17, 15) is 4.39 Å². The Morgan fingerprint density at radius 1 is 1.14 bits per heavy atom. The lowest BCUT2D eigenvalue weighted by atomic mass is 9.96. The number of hydrogen-bond donors (Lipinski definition) is 1. The topological polar surface area (TPSA) is 33.1 Å². The molecule has 29 heavy (non-hydrogen) atoms. The minimum Gasteiger partial charge on any atom is -0.352 e. The van der Waals surface area contributed by atoms with Crippen molar-refractivity contribution in [1.29, 1.82) is 0 Å². The zero-order valence-corrected chi connectivity index (χ0v) is 17.7. The molecule has 6 heteroatoms. The van der Waals surface area contributed by atoms with Gasteiger partial charge in [-0.25, -0.2) is 4.39 Å². The third-order valence-corrected chi connectivity index (χ3v) is 5.89. The molecule has 0 bridgehead atoms. The summed E-state index contributed by atoms with van der Waals surface area (Å²) < 4.78 is 15.6. The van der Waals surface area contributed by atoms with Gasteiger partial charge in [0.15, 0.2) is 5.11 Å². The number of nitrogens with one attached hydrogen (secondary N) is 1. The molecule has 150 valence electrons. The molecule has 0 saturated carbocycles. The summed E-state index contributed by atoms with van der Waals surface area (Å²) >= 11 is 5.69. The third-order valence-electron chi connectivity index (χ3n) is 5.54. The predicted octanol–water partition coefficient (Wildman–Crippen LogP) is 5.01. The first-order valence-electron chi connectivity index (χ1n) is 9.94. The van der Waals surface area contributed by atoms with Crippen molar-refractivity contribution in [2.45, 2.75) is 39.3 Å². The quantitative estimate of drug-likeness (QED) is 0.602. The van der Waals surface area contributed by atoms with Gasteiger partial charge in [0.2, 0.25) is 0 Å². The van der Waals surface area contributed by atoms with Crippen LogP contribution in [0.5, 0.6) is 0 Å². The van der Waals surface area contributed by atoms with Crippen LogP contribution in [0.1, 0.15) is 48.1 Å². The van der Waals surface area contributed by atoms with Crippen LogP contribution in [0.3, 0.4) is 0 Å². The first kappa shape index (κ1) is 19.6. The van der Waals surface area contributed by atoms with Gasteiger partial charge in [0.05, 0.1) is 17.8 Å². The number of rotatable bonds is 5. The number of thiocarbonyl (C=S) groups is 1. The zero-order chi connectivity index (χ0) is 20.5. The second kappa shape index (κ2) is 7.95. The molecule has 3 aromatic rings. The van der Waals surface area contributed by atoms with E-state index in [1.807, 2.05) is 36.5 Å². The highest BCUT2D eigenvalue weighted by molar-refractivity contribution is 7.80. The molecule has 0 radical (unpaired) electrons. The van der Waals surface area contributed by atoms with Gasteiger partial charge in [0, 0.05) is 29.8 Å². The molecular formula is C23H25FN4S. The van der Waals surface area contributed by atoms with Crippen molar-refractivity contribution < 1.29 is 4.39 Å². The molecule has 3 heterocycles. The van der Waals surface area contributed by atoms with Crippen molar-refractivity contribution in [2.75, 3.05) is 6.54 Å². The van der Waals surface area contributed by atoms with E-state index in [0.29, 0.717) is 0 Å². The number of aromatic nitrogens is 2. The smallest absolute Gasteiger partial charge is 0.170 e. The Labute approximate surface area is 176 Å². The van der Waals surface area contributed by atoms with E-state index in [2.05, 4.69) is 46.6 Å². The fraction of sp³-hybridized carbons (Fsp3) is 0.304. The van der Waals surface area contributed by atoms with Crippen LogP contribution in [0.2, 0.25) is 0 Å². The molecule has 4 rings (SSSR count). The fourth-order valence-electron chi connectivity index (χ4n) is 4.30. The van der Waals surface area contributed by atoms with E-state index >= 15 is 0 Å². The van der Waals surface area contributed by atoms with E-state index in [0.717, 1.165) is 40.8 Å². The van der Waals surface area contributed by atoms with Crippen molar-refractivity contribution in [2.24, 2.45) is 0 Å².